The number of para-hydroxylation sites is 1. The smallest absolute Gasteiger partial charge is 0.290 e. The first-order valence-corrected chi connectivity index (χ1v) is 6.47. The number of aromatic hydroxyl groups is 1. The number of aromatic nitrogens is 1. The van der Waals surface area contributed by atoms with Gasteiger partial charge in [0.25, 0.3) is 15.6 Å². The molecule has 0 bridgehead atoms. The third kappa shape index (κ3) is 2.51. The zero-order valence-corrected chi connectivity index (χ0v) is 9.94. The summed E-state index contributed by atoms with van der Waals surface area (Å²) in [6, 6.07) is 9.18. The molecule has 0 aliphatic heterocycles. The van der Waals surface area contributed by atoms with Crippen LogP contribution >= 0.6 is 0 Å². The lowest BCUT2D eigenvalue weighted by Crippen LogP contribution is -2.15. The van der Waals surface area contributed by atoms with Gasteiger partial charge in [0.1, 0.15) is 4.90 Å². The van der Waals surface area contributed by atoms with E-state index in [1.807, 2.05) is 0 Å². The van der Waals surface area contributed by atoms with Crippen LogP contribution in [0.5, 0.6) is 5.75 Å². The number of anilines is 1. The third-order valence-electron chi connectivity index (χ3n) is 2.19. The molecule has 0 aliphatic rings. The number of nitrogens with one attached hydrogen (secondary N) is 2. The van der Waals surface area contributed by atoms with E-state index in [0.29, 0.717) is 5.69 Å². The van der Waals surface area contributed by atoms with Crippen molar-refractivity contribution >= 4 is 15.7 Å². The number of sulfonamides is 1. The molecule has 1 aromatic heterocycles. The maximum absolute atomic E-state index is 11.9. The van der Waals surface area contributed by atoms with Gasteiger partial charge in [0.2, 0.25) is 0 Å². The van der Waals surface area contributed by atoms with Gasteiger partial charge in [0.05, 0.1) is 0 Å². The van der Waals surface area contributed by atoms with Crippen LogP contribution in [0.1, 0.15) is 0 Å². The molecule has 94 valence electrons. The minimum Gasteiger partial charge on any atom is -0.503 e. The molecule has 0 atom stereocenters. The van der Waals surface area contributed by atoms with Gasteiger partial charge in [-0.05, 0) is 12.1 Å². The molecular formula is C11H10N2O4S. The van der Waals surface area contributed by atoms with E-state index in [2.05, 4.69) is 9.71 Å². The largest absolute Gasteiger partial charge is 0.503 e. The Morgan fingerprint density at radius 1 is 1.17 bits per heavy atom. The van der Waals surface area contributed by atoms with Gasteiger partial charge in [0, 0.05) is 18.0 Å². The molecule has 0 radical (unpaired) electrons. The first-order valence-electron chi connectivity index (χ1n) is 4.98. The van der Waals surface area contributed by atoms with Crippen LogP contribution in [0.25, 0.3) is 0 Å². The topological polar surface area (TPSA) is 99.3 Å². The summed E-state index contributed by atoms with van der Waals surface area (Å²) in [6.07, 6.45) is 1.02. The summed E-state index contributed by atoms with van der Waals surface area (Å²) in [5.74, 6) is -0.647. The lowest BCUT2D eigenvalue weighted by atomic mass is 10.3. The molecule has 3 N–H and O–H groups in total. The van der Waals surface area contributed by atoms with Crippen molar-refractivity contribution in [3.8, 4) is 5.75 Å². The van der Waals surface area contributed by atoms with Crippen molar-refractivity contribution in [1.29, 1.82) is 0 Å². The summed E-state index contributed by atoms with van der Waals surface area (Å²) in [4.78, 5) is 12.9. The number of aromatic amines is 1. The minimum absolute atomic E-state index is 0.219. The number of hydrogen-bond donors (Lipinski definition) is 3. The lowest BCUT2D eigenvalue weighted by Gasteiger charge is -2.07. The fraction of sp³-hybridized carbons (Fsp3) is 0. The molecule has 0 unspecified atom stereocenters. The van der Waals surface area contributed by atoms with Gasteiger partial charge in [-0.15, -0.1) is 0 Å². The van der Waals surface area contributed by atoms with Crippen molar-refractivity contribution in [3.05, 3.63) is 52.9 Å². The molecule has 7 heteroatoms. The van der Waals surface area contributed by atoms with Crippen molar-refractivity contribution in [2.45, 2.75) is 4.90 Å². The van der Waals surface area contributed by atoms with Crippen LogP contribution in [-0.4, -0.2) is 18.5 Å². The third-order valence-corrected chi connectivity index (χ3v) is 3.55. The molecule has 0 saturated carbocycles. The Kier molecular flexibility index (Phi) is 3.07. The quantitative estimate of drug-likeness (QED) is 0.767. The van der Waals surface area contributed by atoms with Gasteiger partial charge in [-0.25, -0.2) is 8.42 Å². The maximum atomic E-state index is 11.9. The van der Waals surface area contributed by atoms with Gasteiger partial charge in [-0.2, -0.15) is 0 Å². The van der Waals surface area contributed by atoms with Crippen LogP contribution in [-0.2, 0) is 10.0 Å². The van der Waals surface area contributed by atoms with Crippen molar-refractivity contribution in [1.82, 2.24) is 4.98 Å². The predicted molar refractivity (Wildman–Crippen MR) is 66.0 cm³/mol. The van der Waals surface area contributed by atoms with Crippen molar-refractivity contribution in [3.63, 3.8) is 0 Å². The average Bonchev–Trinajstić information content (AvgIpc) is 2.33. The summed E-state index contributed by atoms with van der Waals surface area (Å²) >= 11 is 0. The SMILES string of the molecule is O=c1[nH]cc(S(=O)(=O)Nc2ccccc2)cc1O. The number of hydrogen-bond acceptors (Lipinski definition) is 4. The van der Waals surface area contributed by atoms with Gasteiger partial charge >= 0.3 is 0 Å². The minimum atomic E-state index is -3.83. The zero-order valence-electron chi connectivity index (χ0n) is 9.12. The van der Waals surface area contributed by atoms with Crippen LogP contribution < -0.4 is 10.3 Å². The highest BCUT2D eigenvalue weighted by Gasteiger charge is 2.15. The standard InChI is InChI=1S/C11H10N2O4S/c14-10-6-9(7-12-11(10)15)18(16,17)13-8-4-2-1-3-5-8/h1-7,13-14H,(H,12,15). The molecule has 0 aliphatic carbocycles. The Labute approximate surface area is 103 Å². The summed E-state index contributed by atoms with van der Waals surface area (Å²) < 4.78 is 26.2. The molecule has 0 saturated heterocycles. The van der Waals surface area contributed by atoms with Gasteiger partial charge in [0.15, 0.2) is 5.75 Å². The highest BCUT2D eigenvalue weighted by atomic mass is 32.2. The highest BCUT2D eigenvalue weighted by molar-refractivity contribution is 7.92. The van der Waals surface area contributed by atoms with E-state index in [1.165, 1.54) is 0 Å². The maximum Gasteiger partial charge on any atom is 0.290 e. The highest BCUT2D eigenvalue weighted by Crippen LogP contribution is 2.16. The average molecular weight is 266 g/mol. The molecule has 2 aromatic rings. The summed E-state index contributed by atoms with van der Waals surface area (Å²) in [7, 11) is -3.83. The summed E-state index contributed by atoms with van der Waals surface area (Å²) in [6.45, 7) is 0. The number of rotatable bonds is 3. The van der Waals surface area contributed by atoms with E-state index in [0.717, 1.165) is 12.3 Å². The van der Waals surface area contributed by atoms with Crippen LogP contribution in [0.15, 0.2) is 52.3 Å². The predicted octanol–water partition coefficient (Wildman–Crippen LogP) is 0.881. The summed E-state index contributed by atoms with van der Waals surface area (Å²) in [5.41, 5.74) is -0.350. The molecule has 1 heterocycles. The van der Waals surface area contributed by atoms with Crippen molar-refractivity contribution in [2.75, 3.05) is 4.72 Å². The number of benzene rings is 1. The molecule has 18 heavy (non-hydrogen) atoms. The normalized spacial score (nSPS) is 11.1. The Morgan fingerprint density at radius 2 is 1.83 bits per heavy atom. The second-order valence-electron chi connectivity index (χ2n) is 3.52. The van der Waals surface area contributed by atoms with E-state index in [9.17, 15) is 18.3 Å². The Balaban J connectivity index is 2.37. The number of H-pyrrole nitrogens is 1. The van der Waals surface area contributed by atoms with Crippen LogP contribution in [0.3, 0.4) is 0 Å². The van der Waals surface area contributed by atoms with Crippen LogP contribution in [0.4, 0.5) is 5.69 Å². The van der Waals surface area contributed by atoms with Crippen molar-refractivity contribution < 1.29 is 13.5 Å². The fourth-order valence-electron chi connectivity index (χ4n) is 1.33. The fourth-order valence-corrected chi connectivity index (χ4v) is 2.37. The molecule has 2 rings (SSSR count). The molecule has 0 amide bonds. The Hall–Kier alpha value is -2.28. The molecule has 6 nitrogen and oxygen atoms in total. The van der Waals surface area contributed by atoms with Crippen molar-refractivity contribution in [2.24, 2.45) is 0 Å². The van der Waals surface area contributed by atoms with Gasteiger partial charge in [-0.1, -0.05) is 18.2 Å². The van der Waals surface area contributed by atoms with Gasteiger partial charge in [-0.3, -0.25) is 9.52 Å². The van der Waals surface area contributed by atoms with E-state index >= 15 is 0 Å². The zero-order chi connectivity index (χ0) is 13.2. The van der Waals surface area contributed by atoms with E-state index < -0.39 is 21.3 Å². The molecular weight excluding hydrogens is 256 g/mol. The monoisotopic (exact) mass is 266 g/mol. The second kappa shape index (κ2) is 4.53. The van der Waals surface area contributed by atoms with Crippen LogP contribution in [0.2, 0.25) is 0 Å². The lowest BCUT2D eigenvalue weighted by molar-refractivity contribution is 0.464. The van der Waals surface area contributed by atoms with E-state index in [4.69, 9.17) is 0 Å². The molecule has 0 spiro atoms. The van der Waals surface area contributed by atoms with Crippen LogP contribution in [0, 0.1) is 0 Å². The second-order valence-corrected chi connectivity index (χ2v) is 5.20. The Morgan fingerprint density at radius 3 is 2.44 bits per heavy atom. The first kappa shape index (κ1) is 12.2. The first-order chi connectivity index (χ1) is 8.49. The van der Waals surface area contributed by atoms with Gasteiger partial charge < -0.3 is 10.1 Å². The summed E-state index contributed by atoms with van der Waals surface area (Å²) in [5, 5.41) is 9.19. The Bertz CT molecular complexity index is 707. The molecule has 0 fully saturated rings. The molecule has 1 aromatic carbocycles. The van der Waals surface area contributed by atoms with E-state index in [-0.39, 0.29) is 4.90 Å². The number of pyridine rings is 1. The van der Waals surface area contributed by atoms with E-state index in [1.54, 1.807) is 30.3 Å².